The lowest BCUT2D eigenvalue weighted by atomic mass is 9.98. The van der Waals surface area contributed by atoms with E-state index in [-0.39, 0.29) is 19.1 Å². The Morgan fingerprint density at radius 3 is 2.30 bits per heavy atom. The van der Waals surface area contributed by atoms with Crippen molar-refractivity contribution in [3.8, 4) is 11.1 Å². The summed E-state index contributed by atoms with van der Waals surface area (Å²) in [5, 5.41) is 11.8. The molecular formula is C25H28N2O5S. The van der Waals surface area contributed by atoms with Crippen molar-refractivity contribution in [1.82, 2.24) is 10.2 Å². The highest BCUT2D eigenvalue weighted by Crippen LogP contribution is 2.44. The zero-order chi connectivity index (χ0) is 23.8. The highest BCUT2D eigenvalue weighted by atomic mass is 32.2. The number of nitrogens with one attached hydrogen (secondary N) is 1. The van der Waals surface area contributed by atoms with Crippen LogP contribution in [0, 0.1) is 0 Å². The summed E-state index contributed by atoms with van der Waals surface area (Å²) in [6.45, 7) is 3.33. The molecule has 0 saturated heterocycles. The van der Waals surface area contributed by atoms with Gasteiger partial charge in [0.2, 0.25) is 5.91 Å². The minimum atomic E-state index is -1.13. The Bertz CT molecular complexity index is 980. The minimum absolute atomic E-state index is 0.0767. The zero-order valence-corrected chi connectivity index (χ0v) is 19.3. The SMILES string of the molecule is C=CCN(CC(=O)O)C(=O)[C@@H](CCSC)NC(=O)OCC1c2ccccc2-c2ccccc21. The second-order valence-corrected chi connectivity index (χ2v) is 8.69. The molecule has 33 heavy (non-hydrogen) atoms. The maximum absolute atomic E-state index is 12.9. The molecule has 0 aromatic heterocycles. The summed E-state index contributed by atoms with van der Waals surface area (Å²) in [4.78, 5) is 37.9. The monoisotopic (exact) mass is 468 g/mol. The van der Waals surface area contributed by atoms with Crippen LogP contribution in [0.5, 0.6) is 0 Å². The van der Waals surface area contributed by atoms with E-state index in [9.17, 15) is 14.4 Å². The van der Waals surface area contributed by atoms with Crippen molar-refractivity contribution in [1.29, 1.82) is 0 Å². The number of amides is 2. The van der Waals surface area contributed by atoms with Gasteiger partial charge in [-0.15, -0.1) is 6.58 Å². The molecule has 0 saturated carbocycles. The molecule has 1 atom stereocenters. The summed E-state index contributed by atoms with van der Waals surface area (Å²) in [6.07, 6.45) is 3.01. The molecule has 0 fully saturated rings. The summed E-state index contributed by atoms with van der Waals surface area (Å²) >= 11 is 1.53. The predicted octanol–water partition coefficient (Wildman–Crippen LogP) is 3.75. The third kappa shape index (κ3) is 5.96. The number of nitrogens with zero attached hydrogens (tertiary/aromatic N) is 1. The quantitative estimate of drug-likeness (QED) is 0.488. The second kappa shape index (κ2) is 11.6. The van der Waals surface area contributed by atoms with Crippen LogP contribution in [0.25, 0.3) is 11.1 Å². The lowest BCUT2D eigenvalue weighted by Gasteiger charge is -2.25. The molecule has 8 heteroatoms. The number of hydrogen-bond donors (Lipinski definition) is 2. The Labute approximate surface area is 197 Å². The number of hydrogen-bond acceptors (Lipinski definition) is 5. The Balaban J connectivity index is 1.69. The summed E-state index contributed by atoms with van der Waals surface area (Å²) in [5.74, 6) is -1.07. The normalized spacial score (nSPS) is 12.9. The van der Waals surface area contributed by atoms with Crippen molar-refractivity contribution in [3.63, 3.8) is 0 Å². The molecule has 0 unspecified atom stereocenters. The Morgan fingerprint density at radius 1 is 1.15 bits per heavy atom. The molecule has 3 rings (SSSR count). The van der Waals surface area contributed by atoms with Crippen molar-refractivity contribution in [3.05, 3.63) is 72.3 Å². The number of alkyl carbamates (subject to hydrolysis) is 1. The molecule has 2 amide bonds. The first-order chi connectivity index (χ1) is 16.0. The van der Waals surface area contributed by atoms with Gasteiger partial charge in [-0.2, -0.15) is 11.8 Å². The van der Waals surface area contributed by atoms with Gasteiger partial charge in [-0.1, -0.05) is 54.6 Å². The first-order valence-electron chi connectivity index (χ1n) is 10.7. The zero-order valence-electron chi connectivity index (χ0n) is 18.5. The third-order valence-corrected chi connectivity index (χ3v) is 6.18. The summed E-state index contributed by atoms with van der Waals surface area (Å²) in [7, 11) is 0. The van der Waals surface area contributed by atoms with Crippen molar-refractivity contribution in [2.24, 2.45) is 0 Å². The highest BCUT2D eigenvalue weighted by molar-refractivity contribution is 7.98. The van der Waals surface area contributed by atoms with Crippen LogP contribution in [-0.2, 0) is 14.3 Å². The van der Waals surface area contributed by atoms with Crippen LogP contribution in [0.3, 0.4) is 0 Å². The molecule has 2 aromatic rings. The number of ether oxygens (including phenoxy) is 1. The van der Waals surface area contributed by atoms with E-state index in [4.69, 9.17) is 9.84 Å². The number of thioether (sulfide) groups is 1. The molecule has 0 spiro atoms. The fourth-order valence-corrected chi connectivity index (χ4v) is 4.52. The first kappa shape index (κ1) is 24.4. The van der Waals surface area contributed by atoms with E-state index < -0.39 is 30.6 Å². The highest BCUT2D eigenvalue weighted by Gasteiger charge is 2.30. The number of carboxylic acids is 1. The molecule has 1 aliphatic carbocycles. The average molecular weight is 469 g/mol. The standard InChI is InChI=1S/C25H28N2O5S/c1-3-13-27(15-23(28)29)24(30)22(12-14-33-2)26-25(31)32-16-21-19-10-6-4-8-17(19)18-9-5-7-11-20(18)21/h3-11,21-22H,1,12-16H2,2H3,(H,26,31)(H,28,29)/t22-/m1/s1. The Kier molecular flexibility index (Phi) is 8.54. The number of benzene rings is 2. The van der Waals surface area contributed by atoms with Crippen LogP contribution < -0.4 is 5.32 Å². The van der Waals surface area contributed by atoms with Gasteiger partial charge in [-0.05, 0) is 40.7 Å². The maximum atomic E-state index is 12.9. The number of carboxylic acid groups (broad SMARTS) is 1. The van der Waals surface area contributed by atoms with E-state index in [1.54, 1.807) is 0 Å². The Morgan fingerprint density at radius 2 is 1.76 bits per heavy atom. The first-order valence-corrected chi connectivity index (χ1v) is 12.1. The van der Waals surface area contributed by atoms with E-state index in [1.807, 2.05) is 42.7 Å². The fourth-order valence-electron chi connectivity index (χ4n) is 4.05. The summed E-state index contributed by atoms with van der Waals surface area (Å²) < 4.78 is 5.56. The maximum Gasteiger partial charge on any atom is 0.407 e. The van der Waals surface area contributed by atoms with Gasteiger partial charge >= 0.3 is 12.1 Å². The van der Waals surface area contributed by atoms with E-state index >= 15 is 0 Å². The molecule has 0 heterocycles. The molecule has 174 valence electrons. The third-order valence-electron chi connectivity index (χ3n) is 5.53. The van der Waals surface area contributed by atoms with Crippen LogP contribution in [-0.4, -0.2) is 65.7 Å². The molecular weight excluding hydrogens is 440 g/mol. The number of rotatable bonds is 11. The smallest absolute Gasteiger partial charge is 0.407 e. The second-order valence-electron chi connectivity index (χ2n) is 7.71. The lowest BCUT2D eigenvalue weighted by molar-refractivity contribution is -0.144. The van der Waals surface area contributed by atoms with Crippen molar-refractivity contribution in [2.75, 3.05) is 31.7 Å². The number of carbonyl (C=O) groups excluding carboxylic acids is 2. The predicted molar refractivity (Wildman–Crippen MR) is 129 cm³/mol. The van der Waals surface area contributed by atoms with Gasteiger partial charge in [-0.25, -0.2) is 4.79 Å². The van der Waals surface area contributed by atoms with Gasteiger partial charge in [0.15, 0.2) is 0 Å². The number of aliphatic carboxylic acids is 1. The fraction of sp³-hybridized carbons (Fsp3) is 0.320. The molecule has 0 bridgehead atoms. The molecule has 2 N–H and O–H groups in total. The number of carbonyl (C=O) groups is 3. The molecule has 2 aromatic carbocycles. The van der Waals surface area contributed by atoms with Gasteiger partial charge in [-0.3, -0.25) is 9.59 Å². The van der Waals surface area contributed by atoms with Gasteiger partial charge in [0.05, 0.1) is 0 Å². The molecule has 0 aliphatic heterocycles. The van der Waals surface area contributed by atoms with Crippen LogP contribution >= 0.6 is 11.8 Å². The van der Waals surface area contributed by atoms with Gasteiger partial charge < -0.3 is 20.1 Å². The van der Waals surface area contributed by atoms with Crippen molar-refractivity contribution < 1.29 is 24.2 Å². The van der Waals surface area contributed by atoms with Crippen LogP contribution in [0.15, 0.2) is 61.2 Å². The van der Waals surface area contributed by atoms with E-state index in [2.05, 4.69) is 24.0 Å². The largest absolute Gasteiger partial charge is 0.480 e. The Hall–Kier alpha value is -3.26. The van der Waals surface area contributed by atoms with Crippen LogP contribution in [0.4, 0.5) is 4.79 Å². The van der Waals surface area contributed by atoms with Gasteiger partial charge in [0.25, 0.3) is 0 Å². The van der Waals surface area contributed by atoms with Gasteiger partial charge in [0.1, 0.15) is 19.2 Å². The summed E-state index contributed by atoms with van der Waals surface area (Å²) in [6, 6.07) is 15.2. The topological polar surface area (TPSA) is 95.9 Å². The van der Waals surface area contributed by atoms with Gasteiger partial charge in [0, 0.05) is 12.5 Å². The van der Waals surface area contributed by atoms with Crippen molar-refractivity contribution in [2.45, 2.75) is 18.4 Å². The minimum Gasteiger partial charge on any atom is -0.480 e. The van der Waals surface area contributed by atoms with Crippen LogP contribution in [0.1, 0.15) is 23.5 Å². The molecule has 1 aliphatic rings. The average Bonchev–Trinajstić information content (AvgIpc) is 3.13. The van der Waals surface area contributed by atoms with E-state index in [0.29, 0.717) is 12.2 Å². The summed E-state index contributed by atoms with van der Waals surface area (Å²) in [5.41, 5.74) is 4.45. The lowest BCUT2D eigenvalue weighted by Crippen LogP contribution is -2.50. The number of fused-ring (bicyclic) bond motifs is 3. The molecule has 0 radical (unpaired) electrons. The van der Waals surface area contributed by atoms with E-state index in [1.165, 1.54) is 17.8 Å². The van der Waals surface area contributed by atoms with Crippen LogP contribution in [0.2, 0.25) is 0 Å². The van der Waals surface area contributed by atoms with E-state index in [0.717, 1.165) is 27.2 Å². The van der Waals surface area contributed by atoms with Crippen molar-refractivity contribution >= 4 is 29.7 Å². The molecule has 7 nitrogen and oxygen atoms in total.